The van der Waals surface area contributed by atoms with Gasteiger partial charge in [-0.05, 0) is 37.6 Å². The first-order valence-electron chi connectivity index (χ1n) is 9.61. The van der Waals surface area contributed by atoms with Crippen LogP contribution in [0.2, 0.25) is 5.02 Å². The minimum Gasteiger partial charge on any atom is -0.410 e. The minimum absolute atomic E-state index is 0.0321. The Labute approximate surface area is 171 Å². The number of amides is 1. The minimum atomic E-state index is -0.482. The summed E-state index contributed by atoms with van der Waals surface area (Å²) in [7, 11) is 4.22. The predicted molar refractivity (Wildman–Crippen MR) is 112 cm³/mol. The molecule has 1 amide bonds. The molecule has 2 heterocycles. The van der Waals surface area contributed by atoms with Gasteiger partial charge < -0.3 is 15.0 Å². The third-order valence-corrected chi connectivity index (χ3v) is 6.48. The van der Waals surface area contributed by atoms with Crippen LogP contribution in [-0.4, -0.2) is 37.8 Å². The molecular weight excluding hydrogens is 374 g/mol. The number of fused-ring (bicyclic) bond motifs is 3. The highest BCUT2D eigenvalue weighted by Crippen LogP contribution is 2.54. The van der Waals surface area contributed by atoms with Crippen LogP contribution in [0.1, 0.15) is 37.4 Å². The summed E-state index contributed by atoms with van der Waals surface area (Å²) in [6.07, 6.45) is 0.828. The Hall–Kier alpha value is -2.24. The molecule has 5 nitrogen and oxygen atoms in total. The molecule has 28 heavy (non-hydrogen) atoms. The van der Waals surface area contributed by atoms with Crippen molar-refractivity contribution in [2.75, 3.05) is 25.5 Å². The summed E-state index contributed by atoms with van der Waals surface area (Å²) in [6, 6.07) is 13.4. The Morgan fingerprint density at radius 1 is 1.29 bits per heavy atom. The van der Waals surface area contributed by atoms with E-state index in [0.29, 0.717) is 10.8 Å². The number of hydrogen-bond acceptors (Lipinski definition) is 4. The molecule has 0 saturated carbocycles. The van der Waals surface area contributed by atoms with Crippen molar-refractivity contribution in [1.82, 2.24) is 10.2 Å². The average Bonchev–Trinajstić information content (AvgIpc) is 3.08. The molecular formula is C22H26ClN3O2. The van der Waals surface area contributed by atoms with Gasteiger partial charge in [0.05, 0.1) is 22.9 Å². The zero-order chi connectivity index (χ0) is 20.1. The van der Waals surface area contributed by atoms with E-state index in [0.717, 1.165) is 29.8 Å². The first-order chi connectivity index (χ1) is 13.3. The molecule has 4 rings (SSSR count). The van der Waals surface area contributed by atoms with Gasteiger partial charge in [0, 0.05) is 25.1 Å². The number of nitrogens with one attached hydrogen (secondary N) is 1. The van der Waals surface area contributed by atoms with Crippen LogP contribution >= 0.6 is 11.6 Å². The van der Waals surface area contributed by atoms with Crippen LogP contribution in [0.15, 0.2) is 42.5 Å². The van der Waals surface area contributed by atoms with E-state index < -0.39 is 6.09 Å². The van der Waals surface area contributed by atoms with E-state index in [1.165, 1.54) is 0 Å². The molecule has 2 aliphatic heterocycles. The Kier molecular flexibility index (Phi) is 4.76. The summed E-state index contributed by atoms with van der Waals surface area (Å²) >= 11 is 6.60. The first-order valence-corrected chi connectivity index (χ1v) is 9.99. The number of nitrogens with zero attached hydrogens (tertiary/aromatic N) is 2. The number of likely N-dealkylation sites (tertiary alicyclic amines) is 1. The second-order valence-electron chi connectivity index (χ2n) is 8.10. The van der Waals surface area contributed by atoms with E-state index in [9.17, 15) is 4.79 Å². The fourth-order valence-corrected chi connectivity index (χ4v) is 5.17. The number of carbonyl (C=O) groups excluding carboxylic acids is 1. The van der Waals surface area contributed by atoms with Gasteiger partial charge in [0.1, 0.15) is 5.75 Å². The molecule has 1 saturated heterocycles. The predicted octanol–water partition coefficient (Wildman–Crippen LogP) is 4.56. The quantitative estimate of drug-likeness (QED) is 0.821. The maximum absolute atomic E-state index is 12.4. The smallest absolute Gasteiger partial charge is 0.410 e. The highest BCUT2D eigenvalue weighted by atomic mass is 35.5. The molecule has 1 fully saturated rings. The van der Waals surface area contributed by atoms with Crippen molar-refractivity contribution in [2.24, 2.45) is 0 Å². The highest BCUT2D eigenvalue weighted by molar-refractivity contribution is 6.33. The van der Waals surface area contributed by atoms with Crippen LogP contribution in [0.25, 0.3) is 0 Å². The normalized spacial score (nSPS) is 24.6. The van der Waals surface area contributed by atoms with Gasteiger partial charge >= 0.3 is 6.09 Å². The number of anilines is 1. The van der Waals surface area contributed by atoms with Crippen molar-refractivity contribution >= 4 is 23.4 Å². The topological polar surface area (TPSA) is 44.8 Å². The molecule has 2 aromatic carbocycles. The Morgan fingerprint density at radius 2 is 2.00 bits per heavy atom. The van der Waals surface area contributed by atoms with E-state index in [1.54, 1.807) is 6.07 Å². The first kappa shape index (κ1) is 19.1. The van der Waals surface area contributed by atoms with Gasteiger partial charge in [-0.25, -0.2) is 4.79 Å². The Balaban J connectivity index is 1.56. The summed E-state index contributed by atoms with van der Waals surface area (Å²) in [6.45, 7) is 5.23. The van der Waals surface area contributed by atoms with E-state index >= 15 is 0 Å². The summed E-state index contributed by atoms with van der Waals surface area (Å²) in [5.41, 5.74) is 3.18. The van der Waals surface area contributed by atoms with E-state index in [2.05, 4.69) is 36.1 Å². The second-order valence-corrected chi connectivity index (χ2v) is 8.51. The third kappa shape index (κ3) is 3.03. The number of likely N-dealkylation sites (N-methyl/N-ethyl adjacent to an activating group) is 2. The van der Waals surface area contributed by atoms with Crippen molar-refractivity contribution < 1.29 is 9.53 Å². The van der Waals surface area contributed by atoms with Gasteiger partial charge in [-0.3, -0.25) is 4.90 Å². The lowest BCUT2D eigenvalue weighted by Crippen LogP contribution is -2.45. The molecule has 1 N–H and O–H groups in total. The summed E-state index contributed by atoms with van der Waals surface area (Å²) < 4.78 is 5.60. The lowest BCUT2D eigenvalue weighted by atomic mass is 9.81. The number of benzene rings is 2. The number of halogens is 1. The lowest BCUT2D eigenvalue weighted by molar-refractivity contribution is 0.197. The van der Waals surface area contributed by atoms with Gasteiger partial charge in [-0.2, -0.15) is 0 Å². The van der Waals surface area contributed by atoms with Crippen LogP contribution in [0.5, 0.6) is 5.75 Å². The van der Waals surface area contributed by atoms with Crippen LogP contribution in [0.4, 0.5) is 10.5 Å². The molecule has 0 aromatic heterocycles. The molecule has 0 unspecified atom stereocenters. The molecule has 0 radical (unpaired) electrons. The van der Waals surface area contributed by atoms with E-state index in [1.807, 2.05) is 43.3 Å². The van der Waals surface area contributed by atoms with Gasteiger partial charge in [0.2, 0.25) is 0 Å². The van der Waals surface area contributed by atoms with Gasteiger partial charge in [-0.15, -0.1) is 0 Å². The summed E-state index contributed by atoms with van der Waals surface area (Å²) in [4.78, 5) is 17.0. The van der Waals surface area contributed by atoms with Crippen molar-refractivity contribution in [2.45, 2.75) is 37.9 Å². The van der Waals surface area contributed by atoms with Gasteiger partial charge in [0.15, 0.2) is 0 Å². The molecule has 0 spiro atoms. The van der Waals surface area contributed by atoms with E-state index in [-0.39, 0.29) is 17.6 Å². The number of hydrogen-bond donors (Lipinski definition) is 1. The Bertz CT molecular complexity index is 904. The van der Waals surface area contributed by atoms with Crippen molar-refractivity contribution in [3.8, 4) is 5.75 Å². The average molecular weight is 400 g/mol. The summed E-state index contributed by atoms with van der Waals surface area (Å²) in [5.74, 6) is 0.478. The number of carbonyl (C=O) groups is 1. The van der Waals surface area contributed by atoms with Gasteiger partial charge in [-0.1, -0.05) is 48.9 Å². The SMILES string of the molecule is C[C@H](NC(=O)Oc1cc(Cl)c2c(c1)[C@]1(C)CCN(C)[C@@H]1N2C)c1ccccc1. The maximum atomic E-state index is 12.4. The van der Waals surface area contributed by atoms with Crippen LogP contribution in [0, 0.1) is 0 Å². The third-order valence-electron chi connectivity index (χ3n) is 6.19. The number of ether oxygens (including phenoxy) is 1. The second kappa shape index (κ2) is 6.98. The molecule has 2 aromatic rings. The molecule has 3 atom stereocenters. The molecule has 2 aliphatic rings. The van der Waals surface area contributed by atoms with Crippen molar-refractivity contribution in [3.05, 3.63) is 58.6 Å². The van der Waals surface area contributed by atoms with Crippen molar-refractivity contribution in [1.29, 1.82) is 0 Å². The summed E-state index contributed by atoms with van der Waals surface area (Å²) in [5, 5.41) is 3.49. The lowest BCUT2D eigenvalue weighted by Gasteiger charge is -2.32. The molecule has 0 bridgehead atoms. The fourth-order valence-electron chi connectivity index (χ4n) is 4.83. The van der Waals surface area contributed by atoms with Crippen molar-refractivity contribution in [3.63, 3.8) is 0 Å². The Morgan fingerprint density at radius 3 is 2.71 bits per heavy atom. The van der Waals surface area contributed by atoms with E-state index in [4.69, 9.17) is 16.3 Å². The van der Waals surface area contributed by atoms with Crippen LogP contribution < -0.4 is 15.0 Å². The molecule has 0 aliphatic carbocycles. The highest BCUT2D eigenvalue weighted by Gasteiger charge is 2.53. The fraction of sp³-hybridized carbons (Fsp3) is 0.409. The van der Waals surface area contributed by atoms with Crippen LogP contribution in [-0.2, 0) is 5.41 Å². The molecule has 148 valence electrons. The zero-order valence-electron chi connectivity index (χ0n) is 16.7. The monoisotopic (exact) mass is 399 g/mol. The number of rotatable bonds is 3. The molecule has 6 heteroatoms. The maximum Gasteiger partial charge on any atom is 0.413 e. The van der Waals surface area contributed by atoms with Gasteiger partial charge in [0.25, 0.3) is 0 Å². The zero-order valence-corrected chi connectivity index (χ0v) is 17.5. The standard InChI is InChI=1S/C22H26ClN3O2/c1-14(15-8-6-5-7-9-15)24-21(27)28-16-12-17-19(18(23)13-16)26(4)20-22(17,2)10-11-25(20)3/h5-9,12-14,20H,10-11H2,1-4H3,(H,24,27)/t14-,20+,22-/m0/s1. The van der Waals surface area contributed by atoms with Crippen LogP contribution in [0.3, 0.4) is 0 Å². The largest absolute Gasteiger partial charge is 0.413 e.